The number of nitro benzene ring substituents is 1. The zero-order valence-corrected chi connectivity index (χ0v) is 19.5. The van der Waals surface area contributed by atoms with Gasteiger partial charge in [0.2, 0.25) is 0 Å². The summed E-state index contributed by atoms with van der Waals surface area (Å²) < 4.78 is 23.4. The van der Waals surface area contributed by atoms with Crippen LogP contribution in [0.3, 0.4) is 0 Å². The van der Waals surface area contributed by atoms with Crippen molar-refractivity contribution in [3.05, 3.63) is 69.8 Å². The minimum Gasteiger partial charge on any atom is -0.378 e. The Labute approximate surface area is 194 Å². The lowest BCUT2D eigenvalue weighted by Gasteiger charge is -2.11. The van der Waals surface area contributed by atoms with Crippen LogP contribution in [0.4, 0.5) is 17.2 Å². The van der Waals surface area contributed by atoms with Crippen LogP contribution in [0.1, 0.15) is 5.82 Å². The molecule has 0 saturated heterocycles. The van der Waals surface area contributed by atoms with Crippen LogP contribution in [0.25, 0.3) is 21.3 Å². The quantitative estimate of drug-likeness (QED) is 0.213. The highest BCUT2D eigenvalue weighted by Gasteiger charge is 2.19. The highest BCUT2D eigenvalue weighted by molar-refractivity contribution is 7.90. The molecule has 0 bridgehead atoms. The van der Waals surface area contributed by atoms with Gasteiger partial charge in [0, 0.05) is 36.4 Å². The van der Waals surface area contributed by atoms with Crippen LogP contribution in [-0.4, -0.2) is 42.7 Å². The molecule has 4 rings (SSSR count). The molecule has 2 aromatic heterocycles. The van der Waals surface area contributed by atoms with Crippen LogP contribution in [0.2, 0.25) is 0 Å². The molecular weight excluding hydrogens is 462 g/mol. The number of fused-ring (bicyclic) bond motifs is 1. The van der Waals surface area contributed by atoms with Crippen molar-refractivity contribution in [1.82, 2.24) is 9.97 Å². The molecule has 4 aromatic rings. The Bertz CT molecular complexity index is 1440. The highest BCUT2D eigenvalue weighted by Crippen LogP contribution is 2.36. The van der Waals surface area contributed by atoms with Gasteiger partial charge in [-0.2, -0.15) is 0 Å². The average Bonchev–Trinajstić information content (AvgIpc) is 3.20. The second kappa shape index (κ2) is 9.12. The van der Waals surface area contributed by atoms with E-state index in [1.54, 1.807) is 11.3 Å². The number of benzene rings is 2. The molecule has 0 amide bonds. The van der Waals surface area contributed by atoms with Crippen molar-refractivity contribution in [1.29, 1.82) is 0 Å². The molecule has 0 fully saturated rings. The first-order chi connectivity index (χ1) is 15.7. The van der Waals surface area contributed by atoms with Gasteiger partial charge in [-0.05, 0) is 24.6 Å². The molecule has 33 heavy (non-hydrogen) atoms. The summed E-state index contributed by atoms with van der Waals surface area (Å²) in [7, 11) is -3.54. The van der Waals surface area contributed by atoms with Crippen LogP contribution in [0, 0.1) is 17.0 Å². The molecular formula is C22H21N5O4S2. The largest absolute Gasteiger partial charge is 0.378 e. The van der Waals surface area contributed by atoms with E-state index < -0.39 is 14.8 Å². The smallest absolute Gasteiger partial charge is 0.293 e. The van der Waals surface area contributed by atoms with Crippen molar-refractivity contribution >= 4 is 48.6 Å². The lowest BCUT2D eigenvalue weighted by atomic mass is 10.1. The molecule has 0 aliphatic carbocycles. The van der Waals surface area contributed by atoms with E-state index in [9.17, 15) is 18.5 Å². The molecule has 170 valence electrons. The summed E-state index contributed by atoms with van der Waals surface area (Å²) in [5.74, 6) is 1.34. The number of nitrogens with one attached hydrogen (secondary N) is 2. The van der Waals surface area contributed by atoms with E-state index >= 15 is 0 Å². The van der Waals surface area contributed by atoms with Crippen molar-refractivity contribution in [2.75, 3.05) is 30.0 Å². The van der Waals surface area contributed by atoms with E-state index in [2.05, 4.69) is 26.0 Å². The van der Waals surface area contributed by atoms with Gasteiger partial charge in [-0.25, -0.2) is 18.4 Å². The molecule has 0 unspecified atom stereocenters. The number of aromatic nitrogens is 2. The van der Waals surface area contributed by atoms with E-state index in [0.29, 0.717) is 24.7 Å². The summed E-state index contributed by atoms with van der Waals surface area (Å²) >= 11 is 1.55. The molecule has 11 heteroatoms. The van der Waals surface area contributed by atoms with Crippen molar-refractivity contribution in [3.63, 3.8) is 0 Å². The molecule has 0 aliphatic rings. The summed E-state index contributed by atoms with van der Waals surface area (Å²) in [5.41, 5.74) is 2.07. The molecule has 0 radical (unpaired) electrons. The molecule has 0 atom stereocenters. The van der Waals surface area contributed by atoms with Gasteiger partial charge in [-0.3, -0.25) is 10.1 Å². The number of rotatable bonds is 8. The Kier molecular flexibility index (Phi) is 6.25. The van der Waals surface area contributed by atoms with E-state index in [1.807, 2.05) is 37.3 Å². The Balaban J connectivity index is 1.53. The minimum atomic E-state index is -3.54. The number of sulfone groups is 1. The van der Waals surface area contributed by atoms with Crippen molar-refractivity contribution in [2.45, 2.75) is 11.8 Å². The molecule has 2 aromatic carbocycles. The van der Waals surface area contributed by atoms with Gasteiger partial charge >= 0.3 is 0 Å². The normalized spacial score (nSPS) is 11.5. The fourth-order valence-corrected chi connectivity index (χ4v) is 5.06. The van der Waals surface area contributed by atoms with E-state index in [4.69, 9.17) is 0 Å². The van der Waals surface area contributed by atoms with E-state index in [1.165, 1.54) is 12.1 Å². The highest BCUT2D eigenvalue weighted by atomic mass is 32.2. The maximum Gasteiger partial charge on any atom is 0.293 e. The summed E-state index contributed by atoms with van der Waals surface area (Å²) in [6.45, 7) is 2.62. The fourth-order valence-electron chi connectivity index (χ4n) is 3.43. The number of nitro groups is 1. The number of nitrogens with zero attached hydrogens (tertiary/aromatic N) is 3. The standard InChI is InChI=1S/C22H21N5O4S2/c1-14-25-21(20-17(13-32-22(20)26-14)15-6-4-3-5-7-15)24-11-10-23-18-9-8-16(33(2,30)31)12-19(18)27(28)29/h3-9,12-13,23H,10-11H2,1-2H3,(H,24,25,26). The third-order valence-corrected chi connectivity index (χ3v) is 6.94. The number of thiophene rings is 1. The summed E-state index contributed by atoms with van der Waals surface area (Å²) in [4.78, 5) is 20.7. The van der Waals surface area contributed by atoms with Gasteiger partial charge in [-0.15, -0.1) is 11.3 Å². The molecule has 9 nitrogen and oxygen atoms in total. The third kappa shape index (κ3) is 4.94. The zero-order valence-electron chi connectivity index (χ0n) is 17.9. The summed E-state index contributed by atoms with van der Waals surface area (Å²) in [6, 6.07) is 13.8. The molecule has 0 saturated carbocycles. The van der Waals surface area contributed by atoms with Crippen molar-refractivity contribution in [2.24, 2.45) is 0 Å². The number of hydrogen-bond acceptors (Lipinski definition) is 9. The number of anilines is 2. The lowest BCUT2D eigenvalue weighted by molar-refractivity contribution is -0.384. The van der Waals surface area contributed by atoms with Gasteiger partial charge in [0.15, 0.2) is 9.84 Å². The van der Waals surface area contributed by atoms with Gasteiger partial charge in [0.05, 0.1) is 15.2 Å². The minimum absolute atomic E-state index is 0.0948. The van der Waals surface area contributed by atoms with Crippen molar-refractivity contribution < 1.29 is 13.3 Å². The second-order valence-electron chi connectivity index (χ2n) is 7.38. The van der Waals surface area contributed by atoms with Crippen LogP contribution in [0.15, 0.2) is 58.8 Å². The van der Waals surface area contributed by atoms with Crippen LogP contribution < -0.4 is 10.6 Å². The second-order valence-corrected chi connectivity index (χ2v) is 10.3. The Morgan fingerprint density at radius 1 is 1.06 bits per heavy atom. The summed E-state index contributed by atoms with van der Waals surface area (Å²) in [5, 5.41) is 20.7. The zero-order chi connectivity index (χ0) is 23.6. The molecule has 2 N–H and O–H groups in total. The average molecular weight is 484 g/mol. The fraction of sp³-hybridized carbons (Fsp3) is 0.182. The van der Waals surface area contributed by atoms with Gasteiger partial charge < -0.3 is 10.6 Å². The Morgan fingerprint density at radius 3 is 2.48 bits per heavy atom. The van der Waals surface area contributed by atoms with E-state index in [-0.39, 0.29) is 16.3 Å². The topological polar surface area (TPSA) is 127 Å². The van der Waals surface area contributed by atoms with Crippen molar-refractivity contribution in [3.8, 4) is 11.1 Å². The maximum atomic E-state index is 11.7. The predicted octanol–water partition coefficient (Wildman–Crippen LogP) is 4.50. The van der Waals surface area contributed by atoms with Crippen LogP contribution >= 0.6 is 11.3 Å². The third-order valence-electron chi connectivity index (χ3n) is 4.96. The summed E-state index contributed by atoms with van der Waals surface area (Å²) in [6.07, 6.45) is 1.02. The Hall–Kier alpha value is -3.57. The first-order valence-corrected chi connectivity index (χ1v) is 12.8. The Morgan fingerprint density at radius 2 is 1.79 bits per heavy atom. The monoisotopic (exact) mass is 483 g/mol. The van der Waals surface area contributed by atoms with E-state index in [0.717, 1.165) is 33.7 Å². The molecule has 0 spiro atoms. The SMILES string of the molecule is Cc1nc(NCCNc2ccc(S(C)(=O)=O)cc2[N+](=O)[O-])c2c(-c3ccccc3)csc2n1. The van der Waals surface area contributed by atoms with Crippen LogP contribution in [-0.2, 0) is 9.84 Å². The first-order valence-electron chi connectivity index (χ1n) is 10.0. The van der Waals surface area contributed by atoms with Gasteiger partial charge in [0.1, 0.15) is 22.2 Å². The van der Waals surface area contributed by atoms with Gasteiger partial charge in [-0.1, -0.05) is 30.3 Å². The predicted molar refractivity (Wildman–Crippen MR) is 131 cm³/mol. The number of hydrogen-bond donors (Lipinski definition) is 2. The number of aryl methyl sites for hydroxylation is 1. The molecule has 2 heterocycles. The molecule has 0 aliphatic heterocycles. The first kappa shape index (κ1) is 22.6. The van der Waals surface area contributed by atoms with Gasteiger partial charge in [0.25, 0.3) is 5.69 Å². The lowest BCUT2D eigenvalue weighted by Crippen LogP contribution is -2.16. The maximum absolute atomic E-state index is 11.7. The van der Waals surface area contributed by atoms with Crippen LogP contribution in [0.5, 0.6) is 0 Å².